The molecule has 1 fully saturated rings. The van der Waals surface area contributed by atoms with E-state index in [1.54, 1.807) is 6.20 Å². The standard InChI is InChI=1S/C10H14N2O2S/c13-10(14)8(9-11-5-6-15-9)12-7-3-1-2-4-7/h5-8,12H,1-4H2,(H,13,14). The van der Waals surface area contributed by atoms with Crippen molar-refractivity contribution in [2.24, 2.45) is 0 Å². The summed E-state index contributed by atoms with van der Waals surface area (Å²) in [5, 5.41) is 14.7. The Morgan fingerprint density at radius 1 is 1.60 bits per heavy atom. The fraction of sp³-hybridized carbons (Fsp3) is 0.600. The van der Waals surface area contributed by atoms with Crippen LogP contribution in [0.3, 0.4) is 0 Å². The molecule has 0 amide bonds. The highest BCUT2D eigenvalue weighted by atomic mass is 32.1. The molecule has 0 spiro atoms. The molecule has 1 aliphatic rings. The average molecular weight is 226 g/mol. The van der Waals surface area contributed by atoms with Crippen LogP contribution in [0.1, 0.15) is 36.7 Å². The third-order valence-corrected chi connectivity index (χ3v) is 3.54. The molecular weight excluding hydrogens is 212 g/mol. The number of carbonyl (C=O) groups is 1. The van der Waals surface area contributed by atoms with Crippen molar-refractivity contribution in [3.8, 4) is 0 Å². The van der Waals surface area contributed by atoms with Crippen molar-refractivity contribution in [2.75, 3.05) is 0 Å². The lowest BCUT2D eigenvalue weighted by molar-refractivity contribution is -0.139. The Morgan fingerprint density at radius 3 is 2.87 bits per heavy atom. The zero-order chi connectivity index (χ0) is 10.7. The van der Waals surface area contributed by atoms with Crippen molar-refractivity contribution in [3.63, 3.8) is 0 Å². The molecule has 1 heterocycles. The molecule has 5 heteroatoms. The van der Waals surface area contributed by atoms with Gasteiger partial charge in [0.2, 0.25) is 0 Å². The van der Waals surface area contributed by atoms with Crippen LogP contribution in [0.25, 0.3) is 0 Å². The first-order valence-corrected chi connectivity index (χ1v) is 6.03. The van der Waals surface area contributed by atoms with Gasteiger partial charge >= 0.3 is 5.97 Å². The number of thiazole rings is 1. The zero-order valence-corrected chi connectivity index (χ0v) is 9.17. The highest BCUT2D eigenvalue weighted by Crippen LogP contribution is 2.23. The van der Waals surface area contributed by atoms with Gasteiger partial charge in [0.05, 0.1) is 0 Å². The molecule has 1 aromatic heterocycles. The maximum Gasteiger partial charge on any atom is 0.327 e. The van der Waals surface area contributed by atoms with E-state index < -0.39 is 12.0 Å². The highest BCUT2D eigenvalue weighted by molar-refractivity contribution is 7.09. The van der Waals surface area contributed by atoms with Crippen LogP contribution in [-0.4, -0.2) is 22.1 Å². The van der Waals surface area contributed by atoms with E-state index in [0.717, 1.165) is 12.8 Å². The van der Waals surface area contributed by atoms with Crippen LogP contribution in [0.2, 0.25) is 0 Å². The van der Waals surface area contributed by atoms with E-state index in [1.807, 2.05) is 5.38 Å². The van der Waals surface area contributed by atoms with Crippen LogP contribution in [-0.2, 0) is 4.79 Å². The van der Waals surface area contributed by atoms with Crippen LogP contribution in [0, 0.1) is 0 Å². The Balaban J connectivity index is 2.03. The predicted octanol–water partition coefficient (Wildman–Crippen LogP) is 1.80. The van der Waals surface area contributed by atoms with E-state index in [2.05, 4.69) is 10.3 Å². The molecule has 0 aromatic carbocycles. The van der Waals surface area contributed by atoms with Gasteiger partial charge in [-0.3, -0.25) is 10.1 Å². The SMILES string of the molecule is O=C(O)C(NC1CCCC1)c1nccs1. The predicted molar refractivity (Wildman–Crippen MR) is 57.9 cm³/mol. The van der Waals surface area contributed by atoms with Gasteiger partial charge in [0.1, 0.15) is 5.01 Å². The Kier molecular flexibility index (Phi) is 3.33. The molecule has 0 bridgehead atoms. The topological polar surface area (TPSA) is 62.2 Å². The van der Waals surface area contributed by atoms with E-state index in [1.165, 1.54) is 24.2 Å². The third-order valence-electron chi connectivity index (χ3n) is 2.70. The van der Waals surface area contributed by atoms with Crippen molar-refractivity contribution >= 4 is 17.3 Å². The second kappa shape index (κ2) is 4.72. The minimum atomic E-state index is -0.836. The Hall–Kier alpha value is -0.940. The molecular formula is C10H14N2O2S. The van der Waals surface area contributed by atoms with Crippen molar-refractivity contribution < 1.29 is 9.90 Å². The van der Waals surface area contributed by atoms with Crippen LogP contribution >= 0.6 is 11.3 Å². The van der Waals surface area contributed by atoms with Gasteiger partial charge in [-0.1, -0.05) is 12.8 Å². The van der Waals surface area contributed by atoms with E-state index in [4.69, 9.17) is 5.11 Å². The summed E-state index contributed by atoms with van der Waals surface area (Å²) in [6.07, 6.45) is 6.19. The lowest BCUT2D eigenvalue weighted by Crippen LogP contribution is -2.35. The Bertz CT molecular complexity index is 320. The van der Waals surface area contributed by atoms with Gasteiger partial charge < -0.3 is 5.11 Å². The summed E-state index contributed by atoms with van der Waals surface area (Å²) in [5.41, 5.74) is 0. The molecule has 0 aliphatic heterocycles. The van der Waals surface area contributed by atoms with Gasteiger partial charge in [-0.2, -0.15) is 0 Å². The third kappa shape index (κ3) is 2.54. The number of carboxylic acid groups (broad SMARTS) is 1. The largest absolute Gasteiger partial charge is 0.480 e. The second-order valence-electron chi connectivity index (χ2n) is 3.79. The first-order valence-electron chi connectivity index (χ1n) is 5.15. The number of carboxylic acids is 1. The number of hydrogen-bond acceptors (Lipinski definition) is 4. The van der Waals surface area contributed by atoms with Crippen molar-refractivity contribution in [1.82, 2.24) is 10.3 Å². The van der Waals surface area contributed by atoms with Gasteiger partial charge in [0.15, 0.2) is 6.04 Å². The minimum Gasteiger partial charge on any atom is -0.480 e. The van der Waals surface area contributed by atoms with Crippen LogP contribution in [0.15, 0.2) is 11.6 Å². The summed E-state index contributed by atoms with van der Waals surface area (Å²) in [7, 11) is 0. The highest BCUT2D eigenvalue weighted by Gasteiger charge is 2.26. The molecule has 1 saturated carbocycles. The van der Waals surface area contributed by atoms with Crippen LogP contribution in [0.4, 0.5) is 0 Å². The van der Waals surface area contributed by atoms with Gasteiger partial charge in [0, 0.05) is 17.6 Å². The Labute approximate surface area is 92.3 Å². The van der Waals surface area contributed by atoms with Crippen LogP contribution in [0.5, 0.6) is 0 Å². The van der Waals surface area contributed by atoms with Crippen molar-refractivity contribution in [2.45, 2.75) is 37.8 Å². The maximum absolute atomic E-state index is 11.1. The first kappa shape index (κ1) is 10.6. The quantitative estimate of drug-likeness (QED) is 0.821. The lowest BCUT2D eigenvalue weighted by Gasteiger charge is -2.17. The van der Waals surface area contributed by atoms with Gasteiger partial charge in [-0.15, -0.1) is 11.3 Å². The zero-order valence-electron chi connectivity index (χ0n) is 8.35. The second-order valence-corrected chi connectivity index (χ2v) is 4.72. The molecule has 2 rings (SSSR count). The van der Waals surface area contributed by atoms with Crippen LogP contribution < -0.4 is 5.32 Å². The lowest BCUT2D eigenvalue weighted by atomic mass is 10.2. The van der Waals surface area contributed by atoms with E-state index >= 15 is 0 Å². The fourth-order valence-corrected chi connectivity index (χ4v) is 2.64. The molecule has 15 heavy (non-hydrogen) atoms. The van der Waals surface area contributed by atoms with E-state index in [0.29, 0.717) is 11.0 Å². The van der Waals surface area contributed by atoms with Crippen molar-refractivity contribution in [1.29, 1.82) is 0 Å². The number of rotatable bonds is 4. The summed E-state index contributed by atoms with van der Waals surface area (Å²) in [5.74, 6) is -0.836. The number of aliphatic carboxylic acids is 1. The van der Waals surface area contributed by atoms with Gasteiger partial charge in [0.25, 0.3) is 0 Å². The smallest absolute Gasteiger partial charge is 0.327 e. The van der Waals surface area contributed by atoms with Crippen molar-refractivity contribution in [3.05, 3.63) is 16.6 Å². The van der Waals surface area contributed by atoms with Gasteiger partial charge in [-0.25, -0.2) is 4.98 Å². The average Bonchev–Trinajstić information content (AvgIpc) is 2.87. The fourth-order valence-electron chi connectivity index (χ4n) is 1.95. The normalized spacial score (nSPS) is 19.2. The van der Waals surface area contributed by atoms with E-state index in [-0.39, 0.29) is 0 Å². The monoisotopic (exact) mass is 226 g/mol. The number of hydrogen-bond donors (Lipinski definition) is 2. The molecule has 1 atom stereocenters. The maximum atomic E-state index is 11.1. The molecule has 0 saturated heterocycles. The number of nitrogens with one attached hydrogen (secondary N) is 1. The number of nitrogens with zero attached hydrogens (tertiary/aromatic N) is 1. The van der Waals surface area contributed by atoms with Gasteiger partial charge in [-0.05, 0) is 12.8 Å². The first-order chi connectivity index (χ1) is 7.27. The number of aromatic nitrogens is 1. The molecule has 1 unspecified atom stereocenters. The molecule has 82 valence electrons. The summed E-state index contributed by atoms with van der Waals surface area (Å²) in [6.45, 7) is 0. The Morgan fingerprint density at radius 2 is 2.33 bits per heavy atom. The summed E-state index contributed by atoms with van der Waals surface area (Å²) in [4.78, 5) is 15.1. The molecule has 4 nitrogen and oxygen atoms in total. The summed E-state index contributed by atoms with van der Waals surface area (Å²) in [6, 6.07) is -0.289. The molecule has 1 aliphatic carbocycles. The summed E-state index contributed by atoms with van der Waals surface area (Å²) >= 11 is 1.39. The molecule has 2 N–H and O–H groups in total. The molecule has 0 radical (unpaired) electrons. The van der Waals surface area contributed by atoms with E-state index in [9.17, 15) is 4.79 Å². The molecule has 1 aromatic rings. The minimum absolute atomic E-state index is 0.343. The summed E-state index contributed by atoms with van der Waals surface area (Å²) < 4.78 is 0.